The average Bonchev–Trinajstić information content (AvgIpc) is 3.49. The van der Waals surface area contributed by atoms with Crippen LogP contribution in [0.3, 0.4) is 0 Å². The Balaban J connectivity index is 3.32. The minimum Gasteiger partial charge on any atom is -0.466 e. The summed E-state index contributed by atoms with van der Waals surface area (Å²) >= 11 is 0. The summed E-state index contributed by atoms with van der Waals surface area (Å²) in [5.41, 5.74) is 0. The Morgan fingerprint density at radius 1 is 0.289 bits per heavy atom. The Bertz CT molecular complexity index is 1210. The van der Waals surface area contributed by atoms with Gasteiger partial charge in [-0.2, -0.15) is 0 Å². The second kappa shape index (κ2) is 73.3. The van der Waals surface area contributed by atoms with Gasteiger partial charge in [0.25, 0.3) is 0 Å². The SMILES string of the molecule is CCCCCCCCCCCCCCCCCCCCCCC(O)C(CO)NC(=O)CCCCCCCCCCCCCCCCCCCCCCCCCCCCCOC(=O)CCCCCCCCCCCCCCCCCCCCC. The van der Waals surface area contributed by atoms with Crippen molar-refractivity contribution in [3.05, 3.63) is 0 Å². The molecule has 0 fully saturated rings. The van der Waals surface area contributed by atoms with E-state index in [1.165, 1.54) is 385 Å². The normalized spacial score (nSPS) is 12.4. The lowest BCUT2D eigenvalue weighted by molar-refractivity contribution is -0.143. The maximum absolute atomic E-state index is 12.6. The quantitative estimate of drug-likeness (QED) is 0.0417. The van der Waals surface area contributed by atoms with Crippen LogP contribution in [0.15, 0.2) is 0 Å². The number of aliphatic hydroxyl groups excluding tert-OH is 2. The molecule has 0 radical (unpaired) electrons. The predicted octanol–water partition coefficient (Wildman–Crippen LogP) is 25.3. The summed E-state index contributed by atoms with van der Waals surface area (Å²) in [6.07, 6.45) is 90.4. The standard InChI is InChI=1S/C77H153NO5/c1-3-5-7-9-11-13-15-17-19-21-23-34-37-41-45-49-53-57-61-65-69-75(80)74(73-79)78-76(81)70-66-62-58-54-50-46-42-38-35-31-29-27-25-24-26-28-30-32-36-40-44-48-52-56-60-64-68-72-83-77(82)71-67-63-59-55-51-47-43-39-33-22-20-18-16-14-12-10-8-6-4-2/h74-75,79-80H,3-73H2,1-2H3,(H,78,81). The van der Waals surface area contributed by atoms with Crippen molar-refractivity contribution in [3.63, 3.8) is 0 Å². The highest BCUT2D eigenvalue weighted by Crippen LogP contribution is 2.20. The molecule has 0 heterocycles. The van der Waals surface area contributed by atoms with Crippen LogP contribution in [0.25, 0.3) is 0 Å². The maximum atomic E-state index is 12.6. The molecule has 0 aromatic rings. The Labute approximate surface area is 521 Å². The van der Waals surface area contributed by atoms with Gasteiger partial charge in [0, 0.05) is 12.8 Å². The van der Waals surface area contributed by atoms with Crippen molar-refractivity contribution in [2.75, 3.05) is 13.2 Å². The number of hydrogen-bond acceptors (Lipinski definition) is 5. The lowest BCUT2D eigenvalue weighted by Gasteiger charge is -2.22. The van der Waals surface area contributed by atoms with Crippen LogP contribution in [-0.4, -0.2) is 47.4 Å². The topological polar surface area (TPSA) is 95.9 Å². The summed E-state index contributed by atoms with van der Waals surface area (Å²) in [5.74, 6) is -0.00190. The van der Waals surface area contributed by atoms with Gasteiger partial charge in [0.15, 0.2) is 0 Å². The Kier molecular flexibility index (Phi) is 72.3. The van der Waals surface area contributed by atoms with Crippen molar-refractivity contribution in [2.45, 2.75) is 469 Å². The molecule has 6 nitrogen and oxygen atoms in total. The number of esters is 1. The van der Waals surface area contributed by atoms with Crippen LogP contribution in [0, 0.1) is 0 Å². The van der Waals surface area contributed by atoms with Gasteiger partial charge < -0.3 is 20.3 Å². The number of unbranched alkanes of at least 4 members (excludes halogenated alkanes) is 63. The number of rotatable bonds is 74. The molecule has 1 amide bonds. The molecule has 0 saturated heterocycles. The zero-order valence-electron chi connectivity index (χ0n) is 57.0. The van der Waals surface area contributed by atoms with Crippen molar-refractivity contribution >= 4 is 11.9 Å². The maximum Gasteiger partial charge on any atom is 0.305 e. The third kappa shape index (κ3) is 69.8. The van der Waals surface area contributed by atoms with Crippen LogP contribution in [0.4, 0.5) is 0 Å². The Morgan fingerprint density at radius 2 is 0.494 bits per heavy atom. The van der Waals surface area contributed by atoms with Gasteiger partial charge in [-0.25, -0.2) is 0 Å². The van der Waals surface area contributed by atoms with Crippen LogP contribution < -0.4 is 5.32 Å². The molecule has 0 saturated carbocycles. The number of carbonyl (C=O) groups is 2. The van der Waals surface area contributed by atoms with Crippen LogP contribution in [0.5, 0.6) is 0 Å². The first-order valence-corrected chi connectivity index (χ1v) is 38.8. The molecule has 0 aliphatic rings. The molecule has 0 aliphatic carbocycles. The fraction of sp³-hybridized carbons (Fsp3) is 0.974. The van der Waals surface area contributed by atoms with Crippen LogP contribution >= 0.6 is 0 Å². The lowest BCUT2D eigenvalue weighted by Crippen LogP contribution is -2.45. The number of nitrogens with one attached hydrogen (secondary N) is 1. The molecular weight excluding hydrogens is 1020 g/mol. The molecule has 3 N–H and O–H groups in total. The first-order chi connectivity index (χ1) is 41.0. The molecule has 0 aromatic carbocycles. The van der Waals surface area contributed by atoms with E-state index in [2.05, 4.69) is 19.2 Å². The minimum absolute atomic E-state index is 0.0246. The zero-order chi connectivity index (χ0) is 59.9. The molecular formula is C77H153NO5. The number of aliphatic hydroxyl groups is 2. The van der Waals surface area contributed by atoms with E-state index in [-0.39, 0.29) is 18.5 Å². The molecule has 6 heteroatoms. The number of hydrogen-bond donors (Lipinski definition) is 3. The molecule has 2 unspecified atom stereocenters. The fourth-order valence-corrected chi connectivity index (χ4v) is 12.8. The van der Waals surface area contributed by atoms with E-state index in [9.17, 15) is 19.8 Å². The fourth-order valence-electron chi connectivity index (χ4n) is 12.8. The van der Waals surface area contributed by atoms with Gasteiger partial charge in [0.05, 0.1) is 25.4 Å². The van der Waals surface area contributed by atoms with Crippen LogP contribution in [-0.2, 0) is 14.3 Å². The Hall–Kier alpha value is -1.14. The largest absolute Gasteiger partial charge is 0.466 e. The molecule has 0 aromatic heterocycles. The summed E-state index contributed by atoms with van der Waals surface area (Å²) in [6.45, 7) is 5.02. The highest BCUT2D eigenvalue weighted by atomic mass is 16.5. The van der Waals surface area contributed by atoms with Gasteiger partial charge in [-0.3, -0.25) is 9.59 Å². The van der Waals surface area contributed by atoms with Gasteiger partial charge in [-0.05, 0) is 25.7 Å². The Morgan fingerprint density at radius 3 is 0.735 bits per heavy atom. The number of ether oxygens (including phenoxy) is 1. The molecule has 0 rings (SSSR count). The van der Waals surface area contributed by atoms with Crippen molar-refractivity contribution in [2.24, 2.45) is 0 Å². The van der Waals surface area contributed by atoms with E-state index < -0.39 is 12.1 Å². The monoisotopic (exact) mass is 1170 g/mol. The van der Waals surface area contributed by atoms with Crippen LogP contribution in [0.2, 0.25) is 0 Å². The van der Waals surface area contributed by atoms with Gasteiger partial charge in [0.1, 0.15) is 0 Å². The molecule has 0 bridgehead atoms. The molecule has 83 heavy (non-hydrogen) atoms. The van der Waals surface area contributed by atoms with Crippen molar-refractivity contribution in [1.29, 1.82) is 0 Å². The van der Waals surface area contributed by atoms with Crippen molar-refractivity contribution < 1.29 is 24.5 Å². The molecule has 2 atom stereocenters. The summed E-state index contributed by atoms with van der Waals surface area (Å²) < 4.78 is 5.52. The van der Waals surface area contributed by atoms with E-state index in [4.69, 9.17) is 4.74 Å². The third-order valence-electron chi connectivity index (χ3n) is 18.7. The summed E-state index contributed by atoms with van der Waals surface area (Å²) in [7, 11) is 0. The zero-order valence-corrected chi connectivity index (χ0v) is 57.0. The predicted molar refractivity (Wildman–Crippen MR) is 366 cm³/mol. The molecule has 0 spiro atoms. The van der Waals surface area contributed by atoms with E-state index >= 15 is 0 Å². The molecule has 496 valence electrons. The van der Waals surface area contributed by atoms with Crippen LogP contribution in [0.1, 0.15) is 457 Å². The van der Waals surface area contributed by atoms with Crippen molar-refractivity contribution in [3.8, 4) is 0 Å². The van der Waals surface area contributed by atoms with E-state index in [1.807, 2.05) is 0 Å². The van der Waals surface area contributed by atoms with E-state index in [0.717, 1.165) is 38.5 Å². The average molecular weight is 1170 g/mol. The lowest BCUT2D eigenvalue weighted by atomic mass is 10.0. The van der Waals surface area contributed by atoms with Gasteiger partial charge in [0.2, 0.25) is 5.91 Å². The van der Waals surface area contributed by atoms with Gasteiger partial charge in [-0.1, -0.05) is 418 Å². The second-order valence-corrected chi connectivity index (χ2v) is 27.1. The second-order valence-electron chi connectivity index (χ2n) is 27.1. The molecule has 0 aliphatic heterocycles. The minimum atomic E-state index is -0.662. The van der Waals surface area contributed by atoms with E-state index in [0.29, 0.717) is 25.9 Å². The third-order valence-corrected chi connectivity index (χ3v) is 18.7. The highest BCUT2D eigenvalue weighted by molar-refractivity contribution is 5.76. The first kappa shape index (κ1) is 81.9. The summed E-state index contributed by atoms with van der Waals surface area (Å²) in [6, 6.07) is -0.539. The van der Waals surface area contributed by atoms with Gasteiger partial charge >= 0.3 is 5.97 Å². The van der Waals surface area contributed by atoms with Crippen molar-refractivity contribution in [1.82, 2.24) is 5.32 Å². The highest BCUT2D eigenvalue weighted by Gasteiger charge is 2.20. The smallest absolute Gasteiger partial charge is 0.305 e. The summed E-state index contributed by atoms with van der Waals surface area (Å²) in [4.78, 5) is 24.7. The van der Waals surface area contributed by atoms with Gasteiger partial charge in [-0.15, -0.1) is 0 Å². The number of amides is 1. The first-order valence-electron chi connectivity index (χ1n) is 38.8. The summed E-state index contributed by atoms with van der Waals surface area (Å²) in [5, 5.41) is 23.4. The van der Waals surface area contributed by atoms with E-state index in [1.54, 1.807) is 0 Å². The number of carbonyl (C=O) groups excluding carboxylic acids is 2.